The van der Waals surface area contributed by atoms with E-state index in [0.717, 1.165) is 26.1 Å². The van der Waals surface area contributed by atoms with Crippen LogP contribution in [-0.2, 0) is 33.2 Å². The number of allylic oxidation sites excluding steroid dienone is 4. The van der Waals surface area contributed by atoms with Gasteiger partial charge in [-0.15, -0.1) is 0 Å². The summed E-state index contributed by atoms with van der Waals surface area (Å²) in [7, 11) is 0. The standard InChI is InChI=1S/C48H95NO7/c1-3-5-7-9-11-13-15-17-19-21-23-25-27-29-31-33-35-50-37-38-52-39-40-53-41-42-54-43-44-55-47-48(49)56-46-45-51-36-34-32-30-28-26-24-22-20-18-16-14-12-10-8-6-4-2/h17-20,48H,3-16,21-47,49H2,1-2H3/b19-17-,20-18-. The third-order valence-corrected chi connectivity index (χ3v) is 9.93. The van der Waals surface area contributed by atoms with E-state index in [1.54, 1.807) is 0 Å². The first-order chi connectivity index (χ1) is 27.8. The van der Waals surface area contributed by atoms with E-state index in [0.29, 0.717) is 72.7 Å². The van der Waals surface area contributed by atoms with E-state index in [-0.39, 0.29) is 0 Å². The fourth-order valence-corrected chi connectivity index (χ4v) is 6.39. The van der Waals surface area contributed by atoms with Gasteiger partial charge in [0.1, 0.15) is 6.23 Å². The van der Waals surface area contributed by atoms with Gasteiger partial charge in [0, 0.05) is 13.2 Å². The summed E-state index contributed by atoms with van der Waals surface area (Å²) in [6.07, 6.45) is 46.1. The molecule has 56 heavy (non-hydrogen) atoms. The number of nitrogens with two attached hydrogens (primary N) is 1. The molecule has 0 aromatic heterocycles. The Balaban J connectivity index is 3.17. The summed E-state index contributed by atoms with van der Waals surface area (Å²) in [5, 5.41) is 0. The molecule has 0 aromatic carbocycles. The molecule has 0 spiro atoms. The lowest BCUT2D eigenvalue weighted by Gasteiger charge is -2.13. The van der Waals surface area contributed by atoms with Crippen molar-refractivity contribution in [3.63, 3.8) is 0 Å². The number of unbranched alkanes of at least 4 members (excludes halogenated alkanes) is 24. The zero-order valence-electron chi connectivity index (χ0n) is 37.3. The van der Waals surface area contributed by atoms with Crippen LogP contribution in [0.2, 0.25) is 0 Å². The zero-order chi connectivity index (χ0) is 40.3. The molecule has 1 atom stereocenters. The Hall–Kier alpha value is -0.840. The van der Waals surface area contributed by atoms with Crippen molar-refractivity contribution < 1.29 is 33.2 Å². The molecule has 334 valence electrons. The number of rotatable bonds is 50. The molecule has 0 aliphatic carbocycles. The molecule has 0 aliphatic heterocycles. The molecule has 0 saturated carbocycles. The summed E-state index contributed by atoms with van der Waals surface area (Å²) in [6.45, 7) is 12.0. The summed E-state index contributed by atoms with van der Waals surface area (Å²) >= 11 is 0. The quantitative estimate of drug-likeness (QED) is 0.0370. The molecule has 0 rings (SSSR count). The van der Waals surface area contributed by atoms with Crippen LogP contribution < -0.4 is 5.73 Å². The van der Waals surface area contributed by atoms with Gasteiger partial charge in [-0.3, -0.25) is 0 Å². The molecule has 0 saturated heterocycles. The average Bonchev–Trinajstić information content (AvgIpc) is 3.20. The van der Waals surface area contributed by atoms with Crippen molar-refractivity contribution in [2.75, 3.05) is 85.9 Å². The minimum atomic E-state index is -0.449. The van der Waals surface area contributed by atoms with E-state index in [2.05, 4.69) is 38.2 Å². The van der Waals surface area contributed by atoms with Crippen molar-refractivity contribution >= 4 is 0 Å². The molecular weight excluding hydrogens is 703 g/mol. The molecular formula is C48H95NO7. The maximum atomic E-state index is 5.98. The molecule has 0 amide bonds. The second-order valence-electron chi connectivity index (χ2n) is 15.4. The van der Waals surface area contributed by atoms with E-state index in [1.807, 2.05) is 0 Å². The molecule has 0 aliphatic rings. The lowest BCUT2D eigenvalue weighted by Crippen LogP contribution is -2.31. The number of hydrogen-bond donors (Lipinski definition) is 1. The van der Waals surface area contributed by atoms with Crippen LogP contribution in [0, 0.1) is 0 Å². The van der Waals surface area contributed by atoms with E-state index < -0.39 is 6.23 Å². The van der Waals surface area contributed by atoms with Crippen LogP contribution in [0.1, 0.15) is 194 Å². The van der Waals surface area contributed by atoms with Crippen molar-refractivity contribution in [3.05, 3.63) is 24.3 Å². The van der Waals surface area contributed by atoms with Gasteiger partial charge in [-0.2, -0.15) is 0 Å². The van der Waals surface area contributed by atoms with Gasteiger partial charge in [-0.25, -0.2) is 0 Å². The Morgan fingerprint density at radius 1 is 0.304 bits per heavy atom. The monoisotopic (exact) mass is 798 g/mol. The summed E-state index contributed by atoms with van der Waals surface area (Å²) < 4.78 is 39.2. The number of ether oxygens (including phenoxy) is 7. The van der Waals surface area contributed by atoms with Crippen LogP contribution in [0.5, 0.6) is 0 Å². The molecule has 0 fully saturated rings. The van der Waals surface area contributed by atoms with Crippen molar-refractivity contribution in [3.8, 4) is 0 Å². The fourth-order valence-electron chi connectivity index (χ4n) is 6.39. The van der Waals surface area contributed by atoms with Gasteiger partial charge < -0.3 is 38.9 Å². The molecule has 0 heterocycles. The van der Waals surface area contributed by atoms with Crippen molar-refractivity contribution in [1.82, 2.24) is 0 Å². The summed E-state index contributed by atoms with van der Waals surface area (Å²) in [4.78, 5) is 0. The first-order valence-electron chi connectivity index (χ1n) is 23.9. The van der Waals surface area contributed by atoms with E-state index in [4.69, 9.17) is 38.9 Å². The first kappa shape index (κ1) is 55.2. The third kappa shape index (κ3) is 51.2. The van der Waals surface area contributed by atoms with Crippen molar-refractivity contribution in [2.24, 2.45) is 5.73 Å². The SMILES string of the molecule is CCCCCCCC/C=C\CCCCCCCCOCCOCCOCCOCCOCC(N)OCCOCCCCCCCC/C=C\CCCCCCCC. The highest BCUT2D eigenvalue weighted by Crippen LogP contribution is 2.12. The highest BCUT2D eigenvalue weighted by atomic mass is 16.6. The molecule has 8 heteroatoms. The highest BCUT2D eigenvalue weighted by molar-refractivity contribution is 4.82. The van der Waals surface area contributed by atoms with Gasteiger partial charge in [0.05, 0.1) is 72.7 Å². The van der Waals surface area contributed by atoms with Gasteiger partial charge in [0.25, 0.3) is 0 Å². The Morgan fingerprint density at radius 2 is 0.571 bits per heavy atom. The Labute approximate surface area is 348 Å². The molecule has 1 unspecified atom stereocenters. The minimum absolute atomic E-state index is 0.341. The Bertz CT molecular complexity index is 753. The second kappa shape index (κ2) is 52.2. The third-order valence-electron chi connectivity index (χ3n) is 9.93. The van der Waals surface area contributed by atoms with Crippen molar-refractivity contribution in [1.29, 1.82) is 0 Å². The van der Waals surface area contributed by atoms with Crippen LogP contribution >= 0.6 is 0 Å². The molecule has 2 N–H and O–H groups in total. The predicted molar refractivity (Wildman–Crippen MR) is 238 cm³/mol. The lowest BCUT2D eigenvalue weighted by molar-refractivity contribution is -0.0492. The van der Waals surface area contributed by atoms with Crippen LogP contribution in [0.3, 0.4) is 0 Å². The van der Waals surface area contributed by atoms with Crippen LogP contribution in [0.4, 0.5) is 0 Å². The van der Waals surface area contributed by atoms with Crippen LogP contribution in [0.15, 0.2) is 24.3 Å². The van der Waals surface area contributed by atoms with Gasteiger partial charge in [-0.1, -0.05) is 154 Å². The summed E-state index contributed by atoms with van der Waals surface area (Å²) in [5.41, 5.74) is 5.98. The second-order valence-corrected chi connectivity index (χ2v) is 15.4. The van der Waals surface area contributed by atoms with Crippen molar-refractivity contribution in [2.45, 2.75) is 200 Å². The molecule has 8 nitrogen and oxygen atoms in total. The topological polar surface area (TPSA) is 90.6 Å². The highest BCUT2D eigenvalue weighted by Gasteiger charge is 2.03. The zero-order valence-corrected chi connectivity index (χ0v) is 37.3. The number of hydrogen-bond acceptors (Lipinski definition) is 8. The largest absolute Gasteiger partial charge is 0.379 e. The van der Waals surface area contributed by atoms with E-state index >= 15 is 0 Å². The molecule has 0 bridgehead atoms. The molecule has 0 aromatic rings. The fraction of sp³-hybridized carbons (Fsp3) is 0.917. The van der Waals surface area contributed by atoms with Gasteiger partial charge >= 0.3 is 0 Å². The van der Waals surface area contributed by atoms with E-state index in [1.165, 1.54) is 167 Å². The summed E-state index contributed by atoms with van der Waals surface area (Å²) in [6, 6.07) is 0. The predicted octanol–water partition coefficient (Wildman–Crippen LogP) is 12.5. The maximum absolute atomic E-state index is 5.98. The molecule has 0 radical (unpaired) electrons. The van der Waals surface area contributed by atoms with Gasteiger partial charge in [-0.05, 0) is 64.2 Å². The Kier molecular flexibility index (Phi) is 51.4. The smallest absolute Gasteiger partial charge is 0.129 e. The lowest BCUT2D eigenvalue weighted by atomic mass is 10.1. The summed E-state index contributed by atoms with van der Waals surface area (Å²) in [5.74, 6) is 0. The van der Waals surface area contributed by atoms with Crippen LogP contribution in [-0.4, -0.2) is 92.1 Å². The van der Waals surface area contributed by atoms with Crippen LogP contribution in [0.25, 0.3) is 0 Å². The normalized spacial score (nSPS) is 12.6. The first-order valence-corrected chi connectivity index (χ1v) is 23.9. The van der Waals surface area contributed by atoms with Gasteiger partial charge in [0.2, 0.25) is 0 Å². The van der Waals surface area contributed by atoms with Gasteiger partial charge in [0.15, 0.2) is 0 Å². The minimum Gasteiger partial charge on any atom is -0.379 e. The average molecular weight is 798 g/mol. The van der Waals surface area contributed by atoms with E-state index in [9.17, 15) is 0 Å². The maximum Gasteiger partial charge on any atom is 0.129 e. The Morgan fingerprint density at radius 3 is 0.929 bits per heavy atom.